The summed E-state index contributed by atoms with van der Waals surface area (Å²) in [5, 5.41) is 8.83. The number of carboxylic acids is 1. The molecule has 124 valence electrons. The van der Waals surface area contributed by atoms with Gasteiger partial charge >= 0.3 is 5.97 Å². The zero-order chi connectivity index (χ0) is 15.8. The highest BCUT2D eigenvalue weighted by Crippen LogP contribution is 2.49. The summed E-state index contributed by atoms with van der Waals surface area (Å²) in [5.41, 5.74) is -0.440. The Morgan fingerprint density at radius 1 is 1.00 bits per heavy atom. The van der Waals surface area contributed by atoms with Gasteiger partial charge < -0.3 is 5.11 Å². The Hall–Kier alpha value is -0.580. The van der Waals surface area contributed by atoms with E-state index in [9.17, 15) is 13.2 Å². The molecule has 0 aliphatic heterocycles. The molecule has 0 aromatic rings. The number of carboxylic acid groups (broad SMARTS) is 1. The molecule has 0 spiro atoms. The molecule has 0 radical (unpaired) electrons. The maximum absolute atomic E-state index is 12.0. The van der Waals surface area contributed by atoms with E-state index < -0.39 is 21.2 Å². The van der Waals surface area contributed by atoms with Gasteiger partial charge in [0.25, 0.3) is 0 Å². The third-order valence-electron chi connectivity index (χ3n) is 4.32. The molecule has 1 aliphatic rings. The minimum Gasteiger partial charge on any atom is -0.481 e. The normalized spacial score (nSPS) is 16.8. The molecular weight excluding hydrogens is 288 g/mol. The van der Waals surface area contributed by atoms with E-state index in [4.69, 9.17) is 5.11 Å². The van der Waals surface area contributed by atoms with Crippen LogP contribution >= 0.6 is 0 Å². The van der Waals surface area contributed by atoms with E-state index in [1.165, 1.54) is 32.1 Å². The molecule has 0 aromatic heterocycles. The molecule has 5 heteroatoms. The average molecular weight is 318 g/mol. The molecule has 0 unspecified atom stereocenters. The highest BCUT2D eigenvalue weighted by Gasteiger charge is 2.47. The van der Waals surface area contributed by atoms with Crippen molar-refractivity contribution in [3.8, 4) is 0 Å². The Kier molecular flexibility index (Phi) is 7.71. The number of rotatable bonds is 13. The molecule has 1 aliphatic carbocycles. The second-order valence-electron chi connectivity index (χ2n) is 6.64. The third kappa shape index (κ3) is 8.44. The molecule has 4 nitrogen and oxygen atoms in total. The van der Waals surface area contributed by atoms with Crippen molar-refractivity contribution in [3.05, 3.63) is 0 Å². The summed E-state index contributed by atoms with van der Waals surface area (Å²) < 4.78 is 24.1. The van der Waals surface area contributed by atoms with Gasteiger partial charge in [-0.25, -0.2) is 8.42 Å². The van der Waals surface area contributed by atoms with Crippen LogP contribution in [-0.4, -0.2) is 31.0 Å². The van der Waals surface area contributed by atoms with Gasteiger partial charge in [0.15, 0.2) is 9.84 Å². The van der Waals surface area contributed by atoms with Crippen LogP contribution in [0.15, 0.2) is 0 Å². The zero-order valence-corrected chi connectivity index (χ0v) is 14.1. The first kappa shape index (κ1) is 18.5. The number of hydrogen-bond donors (Lipinski definition) is 1. The van der Waals surface area contributed by atoms with Crippen LogP contribution in [0.5, 0.6) is 0 Å². The average Bonchev–Trinajstić information content (AvgIpc) is 3.09. The van der Waals surface area contributed by atoms with Crippen molar-refractivity contribution in [2.24, 2.45) is 5.41 Å². The Balaban J connectivity index is 2.12. The van der Waals surface area contributed by atoms with E-state index in [-0.39, 0.29) is 17.9 Å². The molecule has 0 heterocycles. The second-order valence-corrected chi connectivity index (χ2v) is 8.82. The van der Waals surface area contributed by atoms with Gasteiger partial charge in [-0.1, -0.05) is 51.9 Å². The molecule has 0 aromatic carbocycles. The van der Waals surface area contributed by atoms with Gasteiger partial charge in [-0.2, -0.15) is 0 Å². The number of carbonyl (C=O) groups is 1. The van der Waals surface area contributed by atoms with Crippen LogP contribution in [0, 0.1) is 5.41 Å². The SMILES string of the molecule is CCCCCCCCCCS(=O)(=O)CC1(CC(=O)O)CC1. The molecular formula is C16H30O4S. The minimum absolute atomic E-state index is 0.00363. The first-order chi connectivity index (χ1) is 9.89. The van der Waals surface area contributed by atoms with Crippen LogP contribution in [0.1, 0.15) is 77.6 Å². The molecule has 0 saturated heterocycles. The quantitative estimate of drug-likeness (QED) is 0.524. The van der Waals surface area contributed by atoms with Gasteiger partial charge in [0, 0.05) is 0 Å². The number of aliphatic carboxylic acids is 1. The fraction of sp³-hybridized carbons (Fsp3) is 0.938. The largest absolute Gasteiger partial charge is 0.481 e. The standard InChI is InChI=1S/C16H30O4S/c1-2-3-4-5-6-7-8-9-12-21(19,20)14-16(10-11-16)13-15(17)18/h2-14H2,1H3,(H,17,18). The van der Waals surface area contributed by atoms with Crippen molar-refractivity contribution in [1.82, 2.24) is 0 Å². The highest BCUT2D eigenvalue weighted by molar-refractivity contribution is 7.91. The summed E-state index contributed by atoms with van der Waals surface area (Å²) in [7, 11) is -3.09. The maximum atomic E-state index is 12.0. The summed E-state index contributed by atoms with van der Waals surface area (Å²) >= 11 is 0. The molecule has 21 heavy (non-hydrogen) atoms. The van der Waals surface area contributed by atoms with E-state index in [1.807, 2.05) is 0 Å². The summed E-state index contributed by atoms with van der Waals surface area (Å²) in [4.78, 5) is 10.8. The van der Waals surface area contributed by atoms with E-state index in [2.05, 4.69) is 6.92 Å². The molecule has 1 rings (SSSR count). The van der Waals surface area contributed by atoms with Crippen molar-refractivity contribution in [3.63, 3.8) is 0 Å². The van der Waals surface area contributed by atoms with E-state index in [0.717, 1.165) is 32.1 Å². The lowest BCUT2D eigenvalue weighted by molar-refractivity contribution is -0.138. The highest BCUT2D eigenvalue weighted by atomic mass is 32.2. The van der Waals surface area contributed by atoms with Crippen molar-refractivity contribution in [2.45, 2.75) is 77.6 Å². The van der Waals surface area contributed by atoms with Crippen LogP contribution in [0.3, 0.4) is 0 Å². The minimum atomic E-state index is -3.09. The summed E-state index contributed by atoms with van der Waals surface area (Å²) in [6.07, 6.45) is 10.6. The fourth-order valence-corrected chi connectivity index (χ4v) is 4.98. The Labute approximate surface area is 129 Å². The van der Waals surface area contributed by atoms with Gasteiger partial charge in [-0.3, -0.25) is 4.79 Å². The lowest BCUT2D eigenvalue weighted by Crippen LogP contribution is -2.22. The van der Waals surface area contributed by atoms with Gasteiger partial charge in [0.05, 0.1) is 17.9 Å². The van der Waals surface area contributed by atoms with Crippen molar-refractivity contribution < 1.29 is 18.3 Å². The van der Waals surface area contributed by atoms with Crippen molar-refractivity contribution >= 4 is 15.8 Å². The van der Waals surface area contributed by atoms with Gasteiger partial charge in [-0.15, -0.1) is 0 Å². The van der Waals surface area contributed by atoms with Crippen molar-refractivity contribution in [1.29, 1.82) is 0 Å². The van der Waals surface area contributed by atoms with E-state index in [1.54, 1.807) is 0 Å². The second kappa shape index (κ2) is 8.76. The number of unbranched alkanes of at least 4 members (excludes halogenated alkanes) is 7. The lowest BCUT2D eigenvalue weighted by atomic mass is 10.1. The van der Waals surface area contributed by atoms with Crippen LogP contribution in [-0.2, 0) is 14.6 Å². The molecule has 1 saturated carbocycles. The molecule has 1 N–H and O–H groups in total. The van der Waals surface area contributed by atoms with E-state index in [0.29, 0.717) is 0 Å². The summed E-state index contributed by atoms with van der Waals surface area (Å²) in [5.74, 6) is -0.582. The van der Waals surface area contributed by atoms with Gasteiger partial charge in [-0.05, 0) is 24.7 Å². The number of sulfone groups is 1. The predicted molar refractivity (Wildman–Crippen MR) is 85.2 cm³/mol. The topological polar surface area (TPSA) is 71.4 Å². The van der Waals surface area contributed by atoms with E-state index >= 15 is 0 Å². The van der Waals surface area contributed by atoms with Crippen LogP contribution < -0.4 is 0 Å². The summed E-state index contributed by atoms with van der Waals surface area (Å²) in [6.45, 7) is 2.20. The maximum Gasteiger partial charge on any atom is 0.303 e. The smallest absolute Gasteiger partial charge is 0.303 e. The van der Waals surface area contributed by atoms with Crippen LogP contribution in [0.4, 0.5) is 0 Å². The van der Waals surface area contributed by atoms with Crippen LogP contribution in [0.2, 0.25) is 0 Å². The number of hydrogen-bond acceptors (Lipinski definition) is 3. The molecule has 1 fully saturated rings. The van der Waals surface area contributed by atoms with Crippen molar-refractivity contribution in [2.75, 3.05) is 11.5 Å². The fourth-order valence-electron chi connectivity index (χ4n) is 2.86. The van der Waals surface area contributed by atoms with Gasteiger partial charge in [0.1, 0.15) is 0 Å². The molecule has 0 amide bonds. The Morgan fingerprint density at radius 2 is 1.52 bits per heavy atom. The molecule has 0 atom stereocenters. The first-order valence-electron chi connectivity index (χ1n) is 8.31. The van der Waals surface area contributed by atoms with Gasteiger partial charge in [0.2, 0.25) is 0 Å². The summed E-state index contributed by atoms with van der Waals surface area (Å²) in [6, 6.07) is 0. The Bertz CT molecular complexity index is 410. The van der Waals surface area contributed by atoms with Crippen LogP contribution in [0.25, 0.3) is 0 Å². The Morgan fingerprint density at radius 3 is 2.00 bits per heavy atom. The predicted octanol–water partition coefficient (Wildman–Crippen LogP) is 3.80. The molecule has 0 bridgehead atoms. The zero-order valence-electron chi connectivity index (χ0n) is 13.3. The first-order valence-corrected chi connectivity index (χ1v) is 10.1. The monoisotopic (exact) mass is 318 g/mol. The third-order valence-corrected chi connectivity index (χ3v) is 6.28. The lowest BCUT2D eigenvalue weighted by Gasteiger charge is -2.12.